The smallest absolute Gasteiger partial charge is 0.338 e. The van der Waals surface area contributed by atoms with E-state index in [4.69, 9.17) is 4.74 Å². The van der Waals surface area contributed by atoms with E-state index in [-0.39, 0.29) is 23.2 Å². The monoisotopic (exact) mass is 396 g/mol. The SMILES string of the molecule is CC(=O)Nc1ccc(C(=O)OCC(=O)c2ccc(NC(=O)C(C)(C)C)cc2)cc1. The Balaban J connectivity index is 1.90. The molecule has 0 heterocycles. The van der Waals surface area contributed by atoms with E-state index in [0.29, 0.717) is 16.9 Å². The highest BCUT2D eigenvalue weighted by atomic mass is 16.5. The van der Waals surface area contributed by atoms with E-state index in [2.05, 4.69) is 10.6 Å². The molecular formula is C22H24N2O5. The van der Waals surface area contributed by atoms with Crippen LogP contribution in [-0.4, -0.2) is 30.2 Å². The lowest BCUT2D eigenvalue weighted by Crippen LogP contribution is -2.27. The van der Waals surface area contributed by atoms with Crippen LogP contribution in [0.15, 0.2) is 48.5 Å². The first-order valence-electron chi connectivity index (χ1n) is 9.06. The number of Topliss-reactive ketones (excluding diaryl/α,β-unsaturated/α-hetero) is 1. The highest BCUT2D eigenvalue weighted by molar-refractivity contribution is 6.00. The fourth-order valence-corrected chi connectivity index (χ4v) is 2.25. The zero-order chi connectivity index (χ0) is 21.6. The normalized spacial score (nSPS) is 10.8. The summed E-state index contributed by atoms with van der Waals surface area (Å²) < 4.78 is 5.06. The number of benzene rings is 2. The standard InChI is InChI=1S/C22H24N2O5/c1-14(25)23-17-11-7-16(8-12-17)20(27)29-13-19(26)15-5-9-18(10-6-15)24-21(28)22(2,3)4/h5-12H,13H2,1-4H3,(H,23,25)(H,24,28). The van der Waals surface area contributed by atoms with Gasteiger partial charge in [-0.25, -0.2) is 4.79 Å². The molecule has 0 saturated carbocycles. The number of amides is 2. The van der Waals surface area contributed by atoms with Crippen LogP contribution >= 0.6 is 0 Å². The van der Waals surface area contributed by atoms with Gasteiger partial charge in [0.15, 0.2) is 12.4 Å². The van der Waals surface area contributed by atoms with Crippen LogP contribution in [0, 0.1) is 5.41 Å². The molecule has 0 aliphatic heterocycles. The van der Waals surface area contributed by atoms with Crippen LogP contribution in [0.4, 0.5) is 11.4 Å². The van der Waals surface area contributed by atoms with Crippen LogP contribution in [0.2, 0.25) is 0 Å². The molecule has 152 valence electrons. The quantitative estimate of drug-likeness (QED) is 0.573. The zero-order valence-electron chi connectivity index (χ0n) is 16.9. The molecule has 7 nitrogen and oxygen atoms in total. The predicted molar refractivity (Wildman–Crippen MR) is 110 cm³/mol. The Labute approximate surface area is 169 Å². The molecule has 0 saturated heterocycles. The number of ether oxygens (including phenoxy) is 1. The number of nitrogens with one attached hydrogen (secondary N) is 2. The first-order valence-corrected chi connectivity index (χ1v) is 9.06. The van der Waals surface area contributed by atoms with Gasteiger partial charge in [0.1, 0.15) is 0 Å². The highest BCUT2D eigenvalue weighted by Crippen LogP contribution is 2.18. The summed E-state index contributed by atoms with van der Waals surface area (Å²) in [7, 11) is 0. The molecular weight excluding hydrogens is 372 g/mol. The number of hydrogen-bond donors (Lipinski definition) is 2. The second-order valence-electron chi connectivity index (χ2n) is 7.54. The lowest BCUT2D eigenvalue weighted by molar-refractivity contribution is -0.123. The second-order valence-corrected chi connectivity index (χ2v) is 7.54. The van der Waals surface area contributed by atoms with Crippen molar-refractivity contribution in [3.05, 3.63) is 59.7 Å². The fourth-order valence-electron chi connectivity index (χ4n) is 2.25. The molecule has 2 aromatic carbocycles. The van der Waals surface area contributed by atoms with Gasteiger partial charge in [0.25, 0.3) is 0 Å². The summed E-state index contributed by atoms with van der Waals surface area (Å²) in [4.78, 5) is 47.3. The lowest BCUT2D eigenvalue weighted by Gasteiger charge is -2.17. The van der Waals surface area contributed by atoms with Crippen LogP contribution in [0.3, 0.4) is 0 Å². The van der Waals surface area contributed by atoms with Crippen LogP contribution in [0.5, 0.6) is 0 Å². The average molecular weight is 396 g/mol. The van der Waals surface area contributed by atoms with Gasteiger partial charge in [-0.1, -0.05) is 20.8 Å². The van der Waals surface area contributed by atoms with E-state index in [1.54, 1.807) is 36.4 Å². The van der Waals surface area contributed by atoms with Crippen LogP contribution in [0.25, 0.3) is 0 Å². The Morgan fingerprint density at radius 1 is 0.793 bits per heavy atom. The van der Waals surface area contributed by atoms with E-state index < -0.39 is 18.0 Å². The molecule has 7 heteroatoms. The number of esters is 1. The molecule has 2 aromatic rings. The van der Waals surface area contributed by atoms with E-state index >= 15 is 0 Å². The van der Waals surface area contributed by atoms with Gasteiger partial charge < -0.3 is 15.4 Å². The van der Waals surface area contributed by atoms with E-state index in [9.17, 15) is 19.2 Å². The number of carbonyl (C=O) groups excluding carboxylic acids is 4. The van der Waals surface area contributed by atoms with Gasteiger partial charge in [-0.05, 0) is 48.5 Å². The van der Waals surface area contributed by atoms with Gasteiger partial charge >= 0.3 is 5.97 Å². The number of carbonyl (C=O) groups is 4. The zero-order valence-corrected chi connectivity index (χ0v) is 16.9. The Hall–Kier alpha value is -3.48. The van der Waals surface area contributed by atoms with Crippen LogP contribution in [-0.2, 0) is 14.3 Å². The van der Waals surface area contributed by atoms with Crippen molar-refractivity contribution in [1.29, 1.82) is 0 Å². The van der Waals surface area contributed by atoms with E-state index in [0.717, 1.165) is 0 Å². The summed E-state index contributed by atoms with van der Waals surface area (Å²) in [6.45, 7) is 6.41. The average Bonchev–Trinajstić information content (AvgIpc) is 2.65. The molecule has 29 heavy (non-hydrogen) atoms. The molecule has 0 aliphatic rings. The molecule has 0 bridgehead atoms. The van der Waals surface area contributed by atoms with Crippen molar-refractivity contribution in [3.63, 3.8) is 0 Å². The third-order valence-electron chi connectivity index (χ3n) is 3.92. The number of rotatable bonds is 6. The molecule has 0 aliphatic carbocycles. The minimum absolute atomic E-state index is 0.130. The molecule has 2 rings (SSSR count). The first-order chi connectivity index (χ1) is 13.6. The molecule has 0 aromatic heterocycles. The number of anilines is 2. The summed E-state index contributed by atoms with van der Waals surface area (Å²) >= 11 is 0. The van der Waals surface area contributed by atoms with Crippen molar-refractivity contribution in [3.8, 4) is 0 Å². The molecule has 0 fully saturated rings. The van der Waals surface area contributed by atoms with Crippen molar-refractivity contribution < 1.29 is 23.9 Å². The van der Waals surface area contributed by atoms with Gasteiger partial charge in [0, 0.05) is 29.3 Å². The first kappa shape index (κ1) is 21.8. The van der Waals surface area contributed by atoms with Crippen molar-refractivity contribution in [2.75, 3.05) is 17.2 Å². The molecule has 0 radical (unpaired) electrons. The van der Waals surface area contributed by atoms with Crippen LogP contribution in [0.1, 0.15) is 48.4 Å². The van der Waals surface area contributed by atoms with Gasteiger partial charge in [-0.3, -0.25) is 14.4 Å². The molecule has 0 spiro atoms. The summed E-state index contributed by atoms with van der Waals surface area (Å²) in [5, 5.41) is 5.37. The minimum atomic E-state index is -0.637. The summed E-state index contributed by atoms with van der Waals surface area (Å²) in [5.74, 6) is -1.34. The lowest BCUT2D eigenvalue weighted by atomic mass is 9.95. The fraction of sp³-hybridized carbons (Fsp3) is 0.273. The van der Waals surface area contributed by atoms with Gasteiger partial charge in [-0.15, -0.1) is 0 Å². The largest absolute Gasteiger partial charge is 0.454 e. The second kappa shape index (κ2) is 9.14. The van der Waals surface area contributed by atoms with Crippen molar-refractivity contribution in [2.45, 2.75) is 27.7 Å². The van der Waals surface area contributed by atoms with Crippen molar-refractivity contribution >= 4 is 34.9 Å². The third-order valence-corrected chi connectivity index (χ3v) is 3.92. The Bertz CT molecular complexity index is 910. The maximum Gasteiger partial charge on any atom is 0.338 e. The Morgan fingerprint density at radius 3 is 1.76 bits per heavy atom. The number of hydrogen-bond acceptors (Lipinski definition) is 5. The topological polar surface area (TPSA) is 102 Å². The molecule has 2 amide bonds. The summed E-state index contributed by atoms with van der Waals surface area (Å²) in [6.07, 6.45) is 0. The summed E-state index contributed by atoms with van der Waals surface area (Å²) in [5.41, 5.74) is 1.25. The Morgan fingerprint density at radius 2 is 1.28 bits per heavy atom. The minimum Gasteiger partial charge on any atom is -0.454 e. The van der Waals surface area contributed by atoms with Crippen LogP contribution < -0.4 is 10.6 Å². The highest BCUT2D eigenvalue weighted by Gasteiger charge is 2.21. The van der Waals surface area contributed by atoms with E-state index in [1.807, 2.05) is 20.8 Å². The maximum atomic E-state index is 12.2. The van der Waals surface area contributed by atoms with Crippen molar-refractivity contribution in [2.24, 2.45) is 5.41 Å². The molecule has 2 N–H and O–H groups in total. The van der Waals surface area contributed by atoms with Gasteiger partial charge in [-0.2, -0.15) is 0 Å². The van der Waals surface area contributed by atoms with E-state index in [1.165, 1.54) is 19.1 Å². The Kier molecular flexibility index (Phi) is 6.88. The van der Waals surface area contributed by atoms with Gasteiger partial charge in [0.2, 0.25) is 11.8 Å². The predicted octanol–water partition coefficient (Wildman–Crippen LogP) is 3.67. The maximum absolute atomic E-state index is 12.2. The third kappa shape index (κ3) is 6.57. The van der Waals surface area contributed by atoms with Crippen molar-refractivity contribution in [1.82, 2.24) is 0 Å². The molecule has 0 unspecified atom stereocenters. The number of ketones is 1. The molecule has 0 atom stereocenters. The summed E-state index contributed by atoms with van der Waals surface area (Å²) in [6, 6.07) is 12.5. The van der Waals surface area contributed by atoms with Gasteiger partial charge in [0.05, 0.1) is 5.56 Å².